The van der Waals surface area contributed by atoms with Gasteiger partial charge in [0.1, 0.15) is 0 Å². The summed E-state index contributed by atoms with van der Waals surface area (Å²) in [5, 5.41) is 3.38. The Bertz CT molecular complexity index is 870. The molecular formula is C19H17ClN2O4. The average molecular weight is 373 g/mol. The van der Waals surface area contributed by atoms with Crippen LogP contribution in [0, 0.1) is 5.92 Å². The summed E-state index contributed by atoms with van der Waals surface area (Å²) in [6.45, 7) is 1.04. The lowest BCUT2D eigenvalue weighted by molar-refractivity contribution is -0.128. The summed E-state index contributed by atoms with van der Waals surface area (Å²) < 4.78 is 10.7. The Labute approximate surface area is 155 Å². The number of halogens is 1. The van der Waals surface area contributed by atoms with Gasteiger partial charge in [-0.15, -0.1) is 0 Å². The lowest BCUT2D eigenvalue weighted by Gasteiger charge is -2.17. The fourth-order valence-electron chi connectivity index (χ4n) is 3.17. The maximum absolute atomic E-state index is 12.5. The van der Waals surface area contributed by atoms with Crippen molar-refractivity contribution in [2.24, 2.45) is 5.92 Å². The fraction of sp³-hybridized carbons (Fsp3) is 0.263. The number of ether oxygens (including phenoxy) is 2. The lowest BCUT2D eigenvalue weighted by Crippen LogP contribution is -2.28. The first-order valence-corrected chi connectivity index (χ1v) is 8.69. The van der Waals surface area contributed by atoms with Crippen molar-refractivity contribution in [3.05, 3.63) is 53.1 Å². The molecule has 134 valence electrons. The third-order valence-corrected chi connectivity index (χ3v) is 4.72. The minimum atomic E-state index is -0.379. The van der Waals surface area contributed by atoms with Gasteiger partial charge in [-0.25, -0.2) is 0 Å². The summed E-state index contributed by atoms with van der Waals surface area (Å²) in [7, 11) is 0. The maximum atomic E-state index is 12.5. The second kappa shape index (κ2) is 6.88. The highest BCUT2D eigenvalue weighted by atomic mass is 35.5. The number of nitrogens with one attached hydrogen (secondary N) is 1. The van der Waals surface area contributed by atoms with Crippen LogP contribution in [0.25, 0.3) is 0 Å². The van der Waals surface area contributed by atoms with Crippen LogP contribution < -0.4 is 14.8 Å². The van der Waals surface area contributed by atoms with Gasteiger partial charge < -0.3 is 19.7 Å². The van der Waals surface area contributed by atoms with Gasteiger partial charge in [0.05, 0.1) is 5.92 Å². The summed E-state index contributed by atoms with van der Waals surface area (Å²) in [5.41, 5.74) is 1.57. The molecule has 1 unspecified atom stereocenters. The minimum absolute atomic E-state index is 0.0334. The van der Waals surface area contributed by atoms with E-state index >= 15 is 0 Å². The molecule has 0 radical (unpaired) electrons. The number of amides is 2. The molecule has 0 spiro atoms. The quantitative estimate of drug-likeness (QED) is 0.895. The number of anilines is 1. The second-order valence-electron chi connectivity index (χ2n) is 6.36. The highest BCUT2D eigenvalue weighted by Crippen LogP contribution is 2.33. The number of hydrogen-bond acceptors (Lipinski definition) is 4. The topological polar surface area (TPSA) is 67.9 Å². The van der Waals surface area contributed by atoms with Gasteiger partial charge in [0, 0.05) is 30.2 Å². The van der Waals surface area contributed by atoms with Crippen molar-refractivity contribution in [2.45, 2.75) is 13.0 Å². The molecule has 1 saturated heterocycles. The van der Waals surface area contributed by atoms with Crippen molar-refractivity contribution in [3.63, 3.8) is 0 Å². The zero-order valence-corrected chi connectivity index (χ0v) is 14.7. The summed E-state index contributed by atoms with van der Waals surface area (Å²) in [6, 6.07) is 12.6. The fourth-order valence-corrected chi connectivity index (χ4v) is 3.36. The molecule has 7 heteroatoms. The third kappa shape index (κ3) is 3.46. The molecule has 2 aromatic rings. The predicted molar refractivity (Wildman–Crippen MR) is 96.2 cm³/mol. The average Bonchev–Trinajstić information content (AvgIpc) is 3.21. The summed E-state index contributed by atoms with van der Waals surface area (Å²) >= 11 is 5.93. The van der Waals surface area contributed by atoms with E-state index < -0.39 is 0 Å². The highest BCUT2D eigenvalue weighted by Gasteiger charge is 2.34. The summed E-state index contributed by atoms with van der Waals surface area (Å²) in [4.78, 5) is 26.5. The Morgan fingerprint density at radius 1 is 1.19 bits per heavy atom. The van der Waals surface area contributed by atoms with Gasteiger partial charge in [-0.2, -0.15) is 0 Å². The van der Waals surface area contributed by atoms with Crippen LogP contribution in [0.1, 0.15) is 12.0 Å². The summed E-state index contributed by atoms with van der Waals surface area (Å²) in [6.07, 6.45) is 0.205. The summed E-state index contributed by atoms with van der Waals surface area (Å²) in [5.74, 6) is 0.808. The SMILES string of the molecule is O=C(Nc1cccc(Cl)c1)C1CC(=O)N(Cc2ccc3c(c2)OCO3)C1. The van der Waals surface area contributed by atoms with Gasteiger partial charge >= 0.3 is 0 Å². The van der Waals surface area contributed by atoms with Crippen molar-refractivity contribution >= 4 is 29.1 Å². The van der Waals surface area contributed by atoms with Crippen LogP contribution in [0.5, 0.6) is 11.5 Å². The first kappa shape index (κ1) is 16.7. The normalized spacial score (nSPS) is 18.3. The molecule has 26 heavy (non-hydrogen) atoms. The molecule has 6 nitrogen and oxygen atoms in total. The van der Waals surface area contributed by atoms with Gasteiger partial charge in [0.25, 0.3) is 0 Å². The molecule has 0 aromatic heterocycles. The molecule has 2 heterocycles. The van der Waals surface area contributed by atoms with E-state index in [2.05, 4.69) is 5.32 Å². The molecule has 1 atom stereocenters. The molecule has 2 amide bonds. The maximum Gasteiger partial charge on any atom is 0.231 e. The molecule has 0 bridgehead atoms. The van der Waals surface area contributed by atoms with E-state index in [1.165, 1.54) is 0 Å². The first-order chi connectivity index (χ1) is 12.6. The van der Waals surface area contributed by atoms with Gasteiger partial charge in [-0.05, 0) is 35.9 Å². The van der Waals surface area contributed by atoms with Gasteiger partial charge in [-0.1, -0.05) is 23.7 Å². The zero-order valence-electron chi connectivity index (χ0n) is 13.9. The Morgan fingerprint density at radius 3 is 2.88 bits per heavy atom. The number of rotatable bonds is 4. The number of hydrogen-bond donors (Lipinski definition) is 1. The van der Waals surface area contributed by atoms with E-state index in [4.69, 9.17) is 21.1 Å². The number of nitrogens with zero attached hydrogens (tertiary/aromatic N) is 1. The Morgan fingerprint density at radius 2 is 2.04 bits per heavy atom. The number of likely N-dealkylation sites (tertiary alicyclic amines) is 1. The van der Waals surface area contributed by atoms with Crippen molar-refractivity contribution in [1.29, 1.82) is 0 Å². The van der Waals surface area contributed by atoms with E-state index in [0.717, 1.165) is 5.56 Å². The molecule has 2 aromatic carbocycles. The van der Waals surface area contributed by atoms with Gasteiger partial charge in [-0.3, -0.25) is 9.59 Å². The van der Waals surface area contributed by atoms with Crippen molar-refractivity contribution in [3.8, 4) is 11.5 Å². The van der Waals surface area contributed by atoms with Crippen molar-refractivity contribution in [1.82, 2.24) is 4.90 Å². The van der Waals surface area contributed by atoms with Crippen LogP contribution in [0.3, 0.4) is 0 Å². The molecule has 2 aliphatic rings. The molecule has 1 N–H and O–H groups in total. The van der Waals surface area contributed by atoms with E-state index in [1.54, 1.807) is 29.2 Å². The van der Waals surface area contributed by atoms with Crippen LogP contribution in [0.2, 0.25) is 5.02 Å². The van der Waals surface area contributed by atoms with E-state index in [0.29, 0.717) is 35.3 Å². The van der Waals surface area contributed by atoms with Crippen LogP contribution in [0.15, 0.2) is 42.5 Å². The van der Waals surface area contributed by atoms with E-state index in [9.17, 15) is 9.59 Å². The van der Waals surface area contributed by atoms with E-state index in [1.807, 2.05) is 18.2 Å². The number of fused-ring (bicyclic) bond motifs is 1. The van der Waals surface area contributed by atoms with Crippen LogP contribution >= 0.6 is 11.6 Å². The third-order valence-electron chi connectivity index (χ3n) is 4.49. The second-order valence-corrected chi connectivity index (χ2v) is 6.80. The largest absolute Gasteiger partial charge is 0.454 e. The smallest absolute Gasteiger partial charge is 0.231 e. The molecule has 4 rings (SSSR count). The number of carbonyl (C=O) groups is 2. The minimum Gasteiger partial charge on any atom is -0.454 e. The predicted octanol–water partition coefficient (Wildman–Crippen LogP) is 3.06. The lowest BCUT2D eigenvalue weighted by atomic mass is 10.1. The Hall–Kier alpha value is -2.73. The van der Waals surface area contributed by atoms with Crippen LogP contribution in [-0.2, 0) is 16.1 Å². The molecule has 0 saturated carbocycles. The van der Waals surface area contributed by atoms with Gasteiger partial charge in [0.2, 0.25) is 18.6 Å². The van der Waals surface area contributed by atoms with Crippen molar-refractivity contribution in [2.75, 3.05) is 18.7 Å². The van der Waals surface area contributed by atoms with Crippen molar-refractivity contribution < 1.29 is 19.1 Å². The molecule has 0 aliphatic carbocycles. The van der Waals surface area contributed by atoms with Gasteiger partial charge in [0.15, 0.2) is 11.5 Å². The number of carbonyl (C=O) groups excluding carboxylic acids is 2. The zero-order chi connectivity index (χ0) is 18.1. The molecule has 2 aliphatic heterocycles. The van der Waals surface area contributed by atoms with E-state index in [-0.39, 0.29) is 30.9 Å². The monoisotopic (exact) mass is 372 g/mol. The highest BCUT2D eigenvalue weighted by molar-refractivity contribution is 6.30. The molecular weight excluding hydrogens is 356 g/mol. The number of benzene rings is 2. The Kier molecular flexibility index (Phi) is 4.42. The van der Waals surface area contributed by atoms with Crippen LogP contribution in [0.4, 0.5) is 5.69 Å². The van der Waals surface area contributed by atoms with Crippen LogP contribution in [-0.4, -0.2) is 30.1 Å². The standard InChI is InChI=1S/C19H17ClN2O4/c20-14-2-1-3-15(8-14)21-19(24)13-7-18(23)22(10-13)9-12-4-5-16-17(6-12)26-11-25-16/h1-6,8,13H,7,9-11H2,(H,21,24). The Balaban J connectivity index is 1.39. The molecule has 1 fully saturated rings. The first-order valence-electron chi connectivity index (χ1n) is 8.31.